The second-order valence-electron chi connectivity index (χ2n) is 5.91. The standard InChI is InChI=1S/C17H25ClN2O2/c1-20(10-9-17(21)19-15-6-2-3-7-15)11-12-22-16-8-4-5-14(18)13-16/h4-5,8,13,15H,2-3,6-7,9-12H2,1H3,(H,19,21). The van der Waals surface area contributed by atoms with Crippen molar-refractivity contribution >= 4 is 17.5 Å². The highest BCUT2D eigenvalue weighted by Gasteiger charge is 2.16. The highest BCUT2D eigenvalue weighted by Crippen LogP contribution is 2.18. The molecule has 5 heteroatoms. The van der Waals surface area contributed by atoms with Crippen molar-refractivity contribution in [2.24, 2.45) is 0 Å². The van der Waals surface area contributed by atoms with E-state index in [1.54, 1.807) is 6.07 Å². The van der Waals surface area contributed by atoms with E-state index in [9.17, 15) is 4.79 Å². The summed E-state index contributed by atoms with van der Waals surface area (Å²) in [4.78, 5) is 14.0. The first-order valence-electron chi connectivity index (χ1n) is 8.00. The van der Waals surface area contributed by atoms with Gasteiger partial charge in [0.1, 0.15) is 12.4 Å². The second kappa shape index (κ2) is 9.01. The van der Waals surface area contributed by atoms with Crippen LogP contribution in [0.5, 0.6) is 5.75 Å². The van der Waals surface area contributed by atoms with Gasteiger partial charge in [-0.05, 0) is 38.1 Å². The normalized spacial score (nSPS) is 15.2. The van der Waals surface area contributed by atoms with Gasteiger partial charge in [0, 0.05) is 30.6 Å². The van der Waals surface area contributed by atoms with Crippen LogP contribution >= 0.6 is 11.6 Å². The van der Waals surface area contributed by atoms with Crippen molar-refractivity contribution in [1.82, 2.24) is 10.2 Å². The lowest BCUT2D eigenvalue weighted by atomic mass is 10.2. The van der Waals surface area contributed by atoms with Gasteiger partial charge in [-0.1, -0.05) is 30.5 Å². The molecule has 0 unspecified atom stereocenters. The van der Waals surface area contributed by atoms with Crippen molar-refractivity contribution < 1.29 is 9.53 Å². The highest BCUT2D eigenvalue weighted by molar-refractivity contribution is 6.30. The van der Waals surface area contributed by atoms with Gasteiger partial charge >= 0.3 is 0 Å². The molecule has 22 heavy (non-hydrogen) atoms. The Balaban J connectivity index is 1.57. The molecule has 0 aromatic heterocycles. The number of nitrogens with zero attached hydrogens (tertiary/aromatic N) is 1. The zero-order valence-corrected chi connectivity index (χ0v) is 13.9. The molecule has 1 saturated carbocycles. The van der Waals surface area contributed by atoms with E-state index < -0.39 is 0 Å². The molecule has 0 heterocycles. The fourth-order valence-corrected chi connectivity index (χ4v) is 2.83. The zero-order chi connectivity index (χ0) is 15.8. The van der Waals surface area contributed by atoms with Crippen LogP contribution in [0.2, 0.25) is 5.02 Å². The average Bonchev–Trinajstić information content (AvgIpc) is 2.98. The Kier molecular flexibility index (Phi) is 7.00. The minimum atomic E-state index is 0.162. The van der Waals surface area contributed by atoms with Crippen LogP contribution in [0.15, 0.2) is 24.3 Å². The number of amides is 1. The van der Waals surface area contributed by atoms with Gasteiger partial charge in [-0.15, -0.1) is 0 Å². The Morgan fingerprint density at radius 3 is 2.86 bits per heavy atom. The molecule has 1 fully saturated rings. The summed E-state index contributed by atoms with van der Waals surface area (Å²) in [5.41, 5.74) is 0. The van der Waals surface area contributed by atoms with Crippen LogP contribution in [-0.4, -0.2) is 43.6 Å². The van der Waals surface area contributed by atoms with Crippen LogP contribution < -0.4 is 10.1 Å². The molecule has 1 amide bonds. The lowest BCUT2D eigenvalue weighted by Crippen LogP contribution is -2.35. The molecule has 0 atom stereocenters. The third-order valence-corrected chi connectivity index (χ3v) is 4.21. The number of likely N-dealkylation sites (N-methyl/N-ethyl adjacent to an activating group) is 1. The van der Waals surface area contributed by atoms with Crippen LogP contribution in [0.3, 0.4) is 0 Å². The molecule has 1 aliphatic rings. The Morgan fingerprint density at radius 1 is 1.36 bits per heavy atom. The van der Waals surface area contributed by atoms with E-state index in [2.05, 4.69) is 10.2 Å². The van der Waals surface area contributed by atoms with E-state index in [0.29, 0.717) is 24.1 Å². The van der Waals surface area contributed by atoms with Crippen molar-refractivity contribution in [3.8, 4) is 5.75 Å². The molecule has 122 valence electrons. The Hall–Kier alpha value is -1.26. The first kappa shape index (κ1) is 17.1. The van der Waals surface area contributed by atoms with Crippen LogP contribution in [0.1, 0.15) is 32.1 Å². The molecule has 1 N–H and O–H groups in total. The lowest BCUT2D eigenvalue weighted by molar-refractivity contribution is -0.122. The fraction of sp³-hybridized carbons (Fsp3) is 0.588. The molecule has 0 bridgehead atoms. The maximum Gasteiger partial charge on any atom is 0.221 e. The molecule has 1 aromatic rings. The minimum Gasteiger partial charge on any atom is -0.492 e. The van der Waals surface area contributed by atoms with E-state index in [1.165, 1.54) is 12.8 Å². The zero-order valence-electron chi connectivity index (χ0n) is 13.2. The molecular formula is C17H25ClN2O2. The van der Waals surface area contributed by atoms with Gasteiger partial charge in [0.15, 0.2) is 0 Å². The summed E-state index contributed by atoms with van der Waals surface area (Å²) in [5.74, 6) is 0.939. The number of rotatable bonds is 8. The van der Waals surface area contributed by atoms with E-state index in [4.69, 9.17) is 16.3 Å². The molecule has 1 aromatic carbocycles. The van der Waals surface area contributed by atoms with Gasteiger partial charge in [0.25, 0.3) is 0 Å². The topological polar surface area (TPSA) is 41.6 Å². The summed E-state index contributed by atoms with van der Waals surface area (Å²) in [6.45, 7) is 2.11. The van der Waals surface area contributed by atoms with Gasteiger partial charge in [-0.3, -0.25) is 4.79 Å². The summed E-state index contributed by atoms with van der Waals surface area (Å²) >= 11 is 5.91. The number of ether oxygens (including phenoxy) is 1. The monoisotopic (exact) mass is 324 g/mol. The summed E-state index contributed by atoms with van der Waals surface area (Å²) < 4.78 is 5.65. The first-order valence-corrected chi connectivity index (χ1v) is 8.37. The third-order valence-electron chi connectivity index (χ3n) is 3.98. The van der Waals surface area contributed by atoms with Crippen LogP contribution in [-0.2, 0) is 4.79 Å². The number of carbonyl (C=O) groups excluding carboxylic acids is 1. The smallest absolute Gasteiger partial charge is 0.221 e. The number of nitrogens with one attached hydrogen (secondary N) is 1. The molecule has 1 aliphatic carbocycles. The third kappa shape index (κ3) is 6.24. The lowest BCUT2D eigenvalue weighted by Gasteiger charge is -2.18. The van der Waals surface area contributed by atoms with Gasteiger partial charge in [-0.25, -0.2) is 0 Å². The van der Waals surface area contributed by atoms with Crippen molar-refractivity contribution in [3.63, 3.8) is 0 Å². The number of hydrogen-bond acceptors (Lipinski definition) is 3. The molecule has 4 nitrogen and oxygen atoms in total. The summed E-state index contributed by atoms with van der Waals surface area (Å²) in [6.07, 6.45) is 5.30. The minimum absolute atomic E-state index is 0.162. The van der Waals surface area contributed by atoms with Gasteiger partial charge in [0.05, 0.1) is 0 Å². The molecule has 2 rings (SSSR count). The van der Waals surface area contributed by atoms with Gasteiger partial charge in [0.2, 0.25) is 5.91 Å². The predicted molar refractivity (Wildman–Crippen MR) is 89.5 cm³/mol. The Bertz CT molecular complexity index is 475. The Morgan fingerprint density at radius 2 is 2.14 bits per heavy atom. The molecule has 0 radical (unpaired) electrons. The number of halogens is 1. The number of benzene rings is 1. The SMILES string of the molecule is CN(CCOc1cccc(Cl)c1)CCC(=O)NC1CCCC1. The number of hydrogen-bond donors (Lipinski definition) is 1. The fourth-order valence-electron chi connectivity index (χ4n) is 2.65. The van der Waals surface area contributed by atoms with Crippen molar-refractivity contribution in [1.29, 1.82) is 0 Å². The van der Waals surface area contributed by atoms with Gasteiger partial charge < -0.3 is 15.0 Å². The highest BCUT2D eigenvalue weighted by atomic mass is 35.5. The predicted octanol–water partition coefficient (Wildman–Crippen LogP) is 3.10. The first-order chi connectivity index (χ1) is 10.6. The summed E-state index contributed by atoms with van der Waals surface area (Å²) in [6, 6.07) is 7.79. The summed E-state index contributed by atoms with van der Waals surface area (Å²) in [5, 5.41) is 3.79. The molecular weight excluding hydrogens is 300 g/mol. The van der Waals surface area contributed by atoms with Crippen LogP contribution in [0.25, 0.3) is 0 Å². The van der Waals surface area contributed by atoms with Crippen molar-refractivity contribution in [2.75, 3.05) is 26.7 Å². The quantitative estimate of drug-likeness (QED) is 0.799. The van der Waals surface area contributed by atoms with Crippen molar-refractivity contribution in [2.45, 2.75) is 38.1 Å². The van der Waals surface area contributed by atoms with Crippen molar-refractivity contribution in [3.05, 3.63) is 29.3 Å². The van der Waals surface area contributed by atoms with Crippen LogP contribution in [0.4, 0.5) is 0 Å². The summed E-state index contributed by atoms with van der Waals surface area (Å²) in [7, 11) is 2.00. The van der Waals surface area contributed by atoms with Crippen LogP contribution in [0, 0.1) is 0 Å². The largest absolute Gasteiger partial charge is 0.492 e. The average molecular weight is 325 g/mol. The van der Waals surface area contributed by atoms with E-state index >= 15 is 0 Å². The van der Waals surface area contributed by atoms with E-state index in [0.717, 1.165) is 31.7 Å². The van der Waals surface area contributed by atoms with E-state index in [1.807, 2.05) is 25.2 Å². The maximum absolute atomic E-state index is 11.9. The van der Waals surface area contributed by atoms with Gasteiger partial charge in [-0.2, -0.15) is 0 Å². The maximum atomic E-state index is 11.9. The Labute approximate surface area is 137 Å². The molecule has 0 aliphatic heterocycles. The number of carbonyl (C=O) groups is 1. The van der Waals surface area contributed by atoms with E-state index in [-0.39, 0.29) is 5.91 Å². The second-order valence-corrected chi connectivity index (χ2v) is 6.34. The molecule has 0 spiro atoms. The molecule has 0 saturated heterocycles.